The molecule has 4 aliphatic rings. The zero-order chi connectivity index (χ0) is 27.1. The molecule has 7 nitrogen and oxygen atoms in total. The largest absolute Gasteiger partial charge is 0.466 e. The molecule has 0 saturated heterocycles. The minimum atomic E-state index is -0.434. The lowest BCUT2D eigenvalue weighted by atomic mass is 9.43. The van der Waals surface area contributed by atoms with Gasteiger partial charge in [0.1, 0.15) is 12.2 Å². The molecule has 4 saturated carbocycles. The first-order chi connectivity index (χ1) is 17.4. The van der Waals surface area contributed by atoms with Gasteiger partial charge >= 0.3 is 17.9 Å². The fraction of sp³-hybridized carbons (Fsp3) is 0.900. The zero-order valence-corrected chi connectivity index (χ0v) is 23.7. The van der Waals surface area contributed by atoms with Crippen molar-refractivity contribution < 1.29 is 33.7 Å². The van der Waals surface area contributed by atoms with E-state index in [2.05, 4.69) is 20.8 Å². The monoisotopic (exact) mass is 520 g/mol. The van der Waals surface area contributed by atoms with Crippen LogP contribution >= 0.6 is 0 Å². The topological polar surface area (TPSA) is 99.1 Å². The summed E-state index contributed by atoms with van der Waals surface area (Å²) in [6.07, 6.45) is 6.61. The summed E-state index contributed by atoms with van der Waals surface area (Å²) >= 11 is 0. The lowest BCUT2D eigenvalue weighted by molar-refractivity contribution is -0.218. The molecule has 4 aliphatic carbocycles. The molecule has 0 unspecified atom stereocenters. The molecule has 210 valence electrons. The molecule has 0 spiro atoms. The molecule has 0 amide bonds. The van der Waals surface area contributed by atoms with Gasteiger partial charge in [0.25, 0.3) is 0 Å². The minimum absolute atomic E-state index is 0.0217. The van der Waals surface area contributed by atoms with Gasteiger partial charge < -0.3 is 19.3 Å². The molecule has 0 aromatic heterocycles. The average molecular weight is 521 g/mol. The van der Waals surface area contributed by atoms with E-state index in [1.807, 2.05) is 6.92 Å². The number of aliphatic hydroxyl groups excluding tert-OH is 1. The summed E-state index contributed by atoms with van der Waals surface area (Å²) in [6, 6.07) is 0. The summed E-state index contributed by atoms with van der Waals surface area (Å²) in [5.74, 6) is 1.00. The molecule has 0 heterocycles. The van der Waals surface area contributed by atoms with Gasteiger partial charge in [-0.25, -0.2) is 0 Å². The Morgan fingerprint density at radius 2 is 1.68 bits per heavy atom. The summed E-state index contributed by atoms with van der Waals surface area (Å²) in [4.78, 5) is 35.9. The van der Waals surface area contributed by atoms with E-state index in [0.717, 1.165) is 44.9 Å². The Morgan fingerprint density at radius 1 is 0.973 bits per heavy atom. The van der Waals surface area contributed by atoms with Crippen LogP contribution in [0.25, 0.3) is 0 Å². The fourth-order valence-corrected chi connectivity index (χ4v) is 9.55. The van der Waals surface area contributed by atoms with Crippen LogP contribution in [0.1, 0.15) is 99.3 Å². The lowest BCUT2D eigenvalue weighted by Gasteiger charge is -2.64. The number of carbonyl (C=O) groups excluding carboxylic acids is 3. The predicted molar refractivity (Wildman–Crippen MR) is 138 cm³/mol. The molecule has 37 heavy (non-hydrogen) atoms. The second-order valence-electron chi connectivity index (χ2n) is 13.0. The van der Waals surface area contributed by atoms with Crippen LogP contribution < -0.4 is 0 Å². The Bertz CT molecular complexity index is 872. The summed E-state index contributed by atoms with van der Waals surface area (Å²) in [7, 11) is 0. The van der Waals surface area contributed by atoms with E-state index in [4.69, 9.17) is 14.2 Å². The number of ether oxygens (including phenoxy) is 3. The number of esters is 3. The van der Waals surface area contributed by atoms with Crippen LogP contribution in [0, 0.1) is 46.3 Å². The van der Waals surface area contributed by atoms with E-state index in [1.54, 1.807) is 0 Å². The van der Waals surface area contributed by atoms with Crippen molar-refractivity contribution >= 4 is 17.9 Å². The molecule has 0 bridgehead atoms. The van der Waals surface area contributed by atoms with Crippen LogP contribution in [-0.2, 0) is 28.6 Å². The van der Waals surface area contributed by atoms with Crippen LogP contribution in [-0.4, -0.2) is 47.9 Å². The Labute approximate surface area is 222 Å². The highest BCUT2D eigenvalue weighted by molar-refractivity contribution is 5.69. The van der Waals surface area contributed by atoms with E-state index in [0.29, 0.717) is 31.3 Å². The van der Waals surface area contributed by atoms with E-state index < -0.39 is 6.10 Å². The minimum Gasteiger partial charge on any atom is -0.466 e. The molecule has 4 fully saturated rings. The van der Waals surface area contributed by atoms with Gasteiger partial charge in [0.05, 0.1) is 12.7 Å². The highest BCUT2D eigenvalue weighted by Crippen LogP contribution is 2.68. The zero-order valence-electron chi connectivity index (χ0n) is 23.7. The number of fused-ring (bicyclic) bond motifs is 5. The molecule has 1 N–H and O–H groups in total. The Balaban J connectivity index is 1.59. The van der Waals surface area contributed by atoms with Crippen molar-refractivity contribution in [3.8, 4) is 0 Å². The van der Waals surface area contributed by atoms with Crippen LogP contribution in [0.15, 0.2) is 0 Å². The van der Waals surface area contributed by atoms with E-state index >= 15 is 0 Å². The number of aliphatic hydroxyl groups is 1. The summed E-state index contributed by atoms with van der Waals surface area (Å²) in [6.45, 7) is 12.0. The van der Waals surface area contributed by atoms with Gasteiger partial charge in [-0.15, -0.1) is 0 Å². The van der Waals surface area contributed by atoms with E-state index in [1.165, 1.54) is 13.8 Å². The summed E-state index contributed by atoms with van der Waals surface area (Å²) < 4.78 is 16.8. The van der Waals surface area contributed by atoms with Crippen LogP contribution in [0.5, 0.6) is 0 Å². The first-order valence-electron chi connectivity index (χ1n) is 14.6. The Hall–Kier alpha value is -1.63. The van der Waals surface area contributed by atoms with Crippen molar-refractivity contribution in [2.45, 2.75) is 118 Å². The average Bonchev–Trinajstić information content (AvgIpc) is 3.17. The molecular weight excluding hydrogens is 472 g/mol. The number of hydrogen-bond donors (Lipinski definition) is 1. The smallest absolute Gasteiger partial charge is 0.305 e. The number of rotatable bonds is 7. The van der Waals surface area contributed by atoms with Crippen molar-refractivity contribution in [3.05, 3.63) is 0 Å². The quantitative estimate of drug-likeness (QED) is 0.370. The van der Waals surface area contributed by atoms with Crippen LogP contribution in [0.4, 0.5) is 0 Å². The van der Waals surface area contributed by atoms with E-state index in [-0.39, 0.29) is 64.6 Å². The maximum absolute atomic E-state index is 12.3. The molecule has 0 aromatic carbocycles. The van der Waals surface area contributed by atoms with Crippen molar-refractivity contribution in [2.24, 2.45) is 46.3 Å². The standard InChI is InChI=1S/C30H48O7/c1-7-35-27(34)11-8-17(2)22-9-10-23-28-24(16-26(33)30(22,23)6)29(5)13-12-21(36-18(3)31)14-20(29)15-25(28)37-19(4)32/h17,20-26,28,33H,7-16H2,1-6H3/t17-,20-,21+,22+,23-,24-,25-,26-,28-,29+,30+/m1/s1. The molecule has 0 radical (unpaired) electrons. The van der Waals surface area contributed by atoms with Gasteiger partial charge in [0.2, 0.25) is 0 Å². The maximum atomic E-state index is 12.3. The summed E-state index contributed by atoms with van der Waals surface area (Å²) in [5.41, 5.74) is -0.250. The lowest BCUT2D eigenvalue weighted by Crippen LogP contribution is -2.63. The van der Waals surface area contributed by atoms with Crippen molar-refractivity contribution in [2.75, 3.05) is 6.61 Å². The maximum Gasteiger partial charge on any atom is 0.305 e. The van der Waals surface area contributed by atoms with Crippen molar-refractivity contribution in [1.29, 1.82) is 0 Å². The molecular formula is C30H48O7. The second kappa shape index (κ2) is 10.9. The van der Waals surface area contributed by atoms with E-state index in [9.17, 15) is 19.5 Å². The molecule has 0 aliphatic heterocycles. The predicted octanol–water partition coefficient (Wildman–Crippen LogP) is 5.07. The third-order valence-electron chi connectivity index (χ3n) is 11.2. The third-order valence-corrected chi connectivity index (χ3v) is 11.2. The highest BCUT2D eigenvalue weighted by Gasteiger charge is 2.66. The first-order valence-corrected chi connectivity index (χ1v) is 14.6. The Kier molecular flexibility index (Phi) is 8.33. The first kappa shape index (κ1) is 28.4. The SMILES string of the molecule is CCOC(=O)CC[C@@H](C)[C@@H]1CC[C@@H]2[C@@H]3[C@@H](C[C@@H](O)[C@]21C)[C@@]1(C)CC[C@H](OC(C)=O)C[C@@H]1C[C@H]3OC(C)=O. The van der Waals surface area contributed by atoms with Gasteiger partial charge in [-0.2, -0.15) is 0 Å². The van der Waals surface area contributed by atoms with Gasteiger partial charge in [0.15, 0.2) is 0 Å². The molecule has 7 heteroatoms. The second-order valence-corrected chi connectivity index (χ2v) is 13.0. The third kappa shape index (κ3) is 5.18. The fourth-order valence-electron chi connectivity index (χ4n) is 9.55. The molecule has 11 atom stereocenters. The van der Waals surface area contributed by atoms with Crippen LogP contribution in [0.3, 0.4) is 0 Å². The van der Waals surface area contributed by atoms with Crippen molar-refractivity contribution in [3.63, 3.8) is 0 Å². The summed E-state index contributed by atoms with van der Waals surface area (Å²) in [5, 5.41) is 11.8. The normalized spacial score (nSPS) is 43.5. The molecule has 4 rings (SSSR count). The number of hydrogen-bond acceptors (Lipinski definition) is 7. The Morgan fingerprint density at radius 3 is 2.32 bits per heavy atom. The van der Waals surface area contributed by atoms with Gasteiger partial charge in [-0.3, -0.25) is 14.4 Å². The van der Waals surface area contributed by atoms with Crippen molar-refractivity contribution in [1.82, 2.24) is 0 Å². The highest BCUT2D eigenvalue weighted by atomic mass is 16.5. The number of carbonyl (C=O) groups is 3. The van der Waals surface area contributed by atoms with Crippen LogP contribution in [0.2, 0.25) is 0 Å². The van der Waals surface area contributed by atoms with Gasteiger partial charge in [-0.1, -0.05) is 20.8 Å². The van der Waals surface area contributed by atoms with Gasteiger partial charge in [0, 0.05) is 26.2 Å². The molecule has 0 aromatic rings. The van der Waals surface area contributed by atoms with Gasteiger partial charge in [-0.05, 0) is 98.7 Å².